The number of halogens is 11. The van der Waals surface area contributed by atoms with E-state index in [4.69, 9.17) is 11.6 Å². The molecule has 0 heterocycles. The molecule has 0 aromatic carbocycles. The molecule has 0 spiro atoms. The van der Waals surface area contributed by atoms with Crippen LogP contribution in [0.15, 0.2) is 11.9 Å². The van der Waals surface area contributed by atoms with E-state index in [-0.39, 0.29) is 25.8 Å². The molecular formula is C13H15ClF10O. The number of unbranched alkanes of at least 4 members (excludes halogenated alkanes) is 3. The molecule has 0 saturated heterocycles. The fourth-order valence-corrected chi connectivity index (χ4v) is 2.34. The molecular weight excluding hydrogens is 398 g/mol. The first kappa shape index (κ1) is 24.3. The van der Waals surface area contributed by atoms with Crippen molar-refractivity contribution in [2.45, 2.75) is 55.7 Å². The monoisotopic (exact) mass is 412 g/mol. The van der Waals surface area contributed by atoms with E-state index in [9.17, 15) is 43.9 Å². The van der Waals surface area contributed by atoms with Crippen molar-refractivity contribution in [2.24, 2.45) is 0 Å². The molecule has 0 aromatic rings. The first-order chi connectivity index (χ1) is 11.2. The third-order valence-electron chi connectivity index (χ3n) is 3.56. The van der Waals surface area contributed by atoms with E-state index in [0.29, 0.717) is 6.42 Å². The number of ether oxygens (including phenoxy) is 1. The number of hydrogen-bond donors (Lipinski definition) is 0. The Bertz CT molecular complexity index is 458. The van der Waals surface area contributed by atoms with Crippen molar-refractivity contribution in [3.8, 4) is 0 Å². The van der Waals surface area contributed by atoms with Gasteiger partial charge < -0.3 is 4.74 Å². The molecule has 0 aliphatic carbocycles. The number of alkyl halides is 8. The van der Waals surface area contributed by atoms with Gasteiger partial charge in [-0.1, -0.05) is 12.8 Å². The van der Waals surface area contributed by atoms with Gasteiger partial charge in [0.2, 0.25) is 11.4 Å². The molecule has 0 amide bonds. The minimum Gasteiger partial charge on any atom is -0.363 e. The van der Waals surface area contributed by atoms with E-state index >= 15 is 0 Å². The van der Waals surface area contributed by atoms with Crippen LogP contribution in [0.3, 0.4) is 0 Å². The van der Waals surface area contributed by atoms with Gasteiger partial charge in [-0.25, -0.2) is 0 Å². The van der Waals surface area contributed by atoms with E-state index in [1.807, 2.05) is 0 Å². The molecule has 12 heteroatoms. The highest BCUT2D eigenvalue weighted by molar-refractivity contribution is 6.17. The third-order valence-corrected chi connectivity index (χ3v) is 3.83. The Morgan fingerprint density at radius 1 is 0.840 bits per heavy atom. The number of methoxy groups -OCH3 is 1. The molecule has 0 aliphatic rings. The lowest BCUT2D eigenvalue weighted by Gasteiger charge is -2.42. The normalized spacial score (nSPS) is 15.8. The number of rotatable bonds is 10. The minimum atomic E-state index is -6.42. The van der Waals surface area contributed by atoms with Gasteiger partial charge in [0.25, 0.3) is 0 Å². The summed E-state index contributed by atoms with van der Waals surface area (Å²) >= 11 is 5.33. The highest BCUT2D eigenvalue weighted by atomic mass is 35.5. The second kappa shape index (κ2) is 8.79. The fourth-order valence-electron chi connectivity index (χ4n) is 2.15. The van der Waals surface area contributed by atoms with E-state index in [0.717, 1.165) is 0 Å². The second-order valence-corrected chi connectivity index (χ2v) is 5.48. The third kappa shape index (κ3) is 4.72. The molecule has 0 rings (SSSR count). The zero-order chi connectivity index (χ0) is 20.1. The molecule has 0 radical (unpaired) electrons. The predicted molar refractivity (Wildman–Crippen MR) is 69.8 cm³/mol. The molecule has 0 aromatic heterocycles. The molecule has 0 saturated carbocycles. The summed E-state index contributed by atoms with van der Waals surface area (Å²) < 4.78 is 135. The maximum Gasteiger partial charge on any atom is 0.423 e. The van der Waals surface area contributed by atoms with Crippen molar-refractivity contribution in [1.82, 2.24) is 0 Å². The maximum atomic E-state index is 14.0. The van der Waals surface area contributed by atoms with Gasteiger partial charge >= 0.3 is 24.1 Å². The van der Waals surface area contributed by atoms with Crippen molar-refractivity contribution in [2.75, 3.05) is 13.0 Å². The highest BCUT2D eigenvalue weighted by Crippen LogP contribution is 2.56. The molecule has 0 aliphatic heterocycles. The van der Waals surface area contributed by atoms with E-state index in [1.165, 1.54) is 0 Å². The van der Waals surface area contributed by atoms with Gasteiger partial charge in [-0.2, -0.15) is 43.9 Å². The lowest BCUT2D eigenvalue weighted by molar-refractivity contribution is -0.380. The lowest BCUT2D eigenvalue weighted by atomic mass is 9.84. The Kier molecular flexibility index (Phi) is 8.54. The highest BCUT2D eigenvalue weighted by Gasteiger charge is 2.80. The summed E-state index contributed by atoms with van der Waals surface area (Å²) in [7, 11) is 0.0731. The standard InChI is InChI=1S/C13H15ClF10O/c1-25-10(13(22,23)24,6-4-2-3-5-7-14)12(20,21)11(18,19)8(15)9(16)17/h2-7H2,1H3. The zero-order valence-corrected chi connectivity index (χ0v) is 13.6. The van der Waals surface area contributed by atoms with E-state index in [2.05, 4.69) is 4.74 Å². The van der Waals surface area contributed by atoms with Gasteiger partial charge in [0.15, 0.2) is 0 Å². The molecule has 150 valence electrons. The van der Waals surface area contributed by atoms with Crippen molar-refractivity contribution in [3.05, 3.63) is 11.9 Å². The van der Waals surface area contributed by atoms with Gasteiger partial charge in [-0.05, 0) is 19.3 Å². The van der Waals surface area contributed by atoms with Crippen LogP contribution in [-0.2, 0) is 4.74 Å². The van der Waals surface area contributed by atoms with Crippen LogP contribution in [-0.4, -0.2) is 36.6 Å². The Morgan fingerprint density at radius 3 is 1.68 bits per heavy atom. The summed E-state index contributed by atoms with van der Waals surface area (Å²) in [6.07, 6.45) is -11.8. The predicted octanol–water partition coefficient (Wildman–Crippen LogP) is 6.47. The van der Waals surface area contributed by atoms with Crippen LogP contribution in [0.4, 0.5) is 43.9 Å². The van der Waals surface area contributed by atoms with Crippen molar-refractivity contribution in [3.63, 3.8) is 0 Å². The largest absolute Gasteiger partial charge is 0.423 e. The SMILES string of the molecule is COC(CCCCCCCl)(C(F)(F)F)C(F)(F)C(F)(F)C(F)=C(F)F. The van der Waals surface area contributed by atoms with Crippen LogP contribution < -0.4 is 0 Å². The molecule has 0 N–H and O–H groups in total. The smallest absolute Gasteiger partial charge is 0.363 e. The average Bonchev–Trinajstić information content (AvgIpc) is 2.48. The molecule has 0 fully saturated rings. The van der Waals surface area contributed by atoms with Crippen molar-refractivity contribution >= 4 is 11.6 Å². The summed E-state index contributed by atoms with van der Waals surface area (Å²) in [6.45, 7) is 0. The van der Waals surface area contributed by atoms with Gasteiger partial charge in [0.1, 0.15) is 0 Å². The average molecular weight is 413 g/mol. The molecule has 25 heavy (non-hydrogen) atoms. The summed E-state index contributed by atoms with van der Waals surface area (Å²) in [5, 5.41) is 0. The van der Waals surface area contributed by atoms with E-state index < -0.39 is 48.4 Å². The maximum absolute atomic E-state index is 14.0. The topological polar surface area (TPSA) is 9.23 Å². The van der Waals surface area contributed by atoms with Gasteiger partial charge in [-0.3, -0.25) is 0 Å². The molecule has 1 unspecified atom stereocenters. The van der Waals surface area contributed by atoms with Crippen molar-refractivity contribution < 1.29 is 48.6 Å². The van der Waals surface area contributed by atoms with Gasteiger partial charge in [-0.15, -0.1) is 11.6 Å². The second-order valence-electron chi connectivity index (χ2n) is 5.11. The molecule has 0 bridgehead atoms. The number of hydrogen-bond acceptors (Lipinski definition) is 1. The summed E-state index contributed by atoms with van der Waals surface area (Å²) in [5.74, 6) is -16.5. The van der Waals surface area contributed by atoms with Crippen LogP contribution >= 0.6 is 11.6 Å². The van der Waals surface area contributed by atoms with Crippen LogP contribution in [0.5, 0.6) is 0 Å². The Balaban J connectivity index is 5.92. The Labute approximate surface area is 142 Å². The first-order valence-electron chi connectivity index (χ1n) is 6.87. The Hall–Kier alpha value is -0.710. The van der Waals surface area contributed by atoms with Crippen LogP contribution in [0.2, 0.25) is 0 Å². The summed E-state index contributed by atoms with van der Waals surface area (Å²) in [5.41, 5.74) is -4.85. The molecule has 1 nitrogen and oxygen atoms in total. The fraction of sp³-hybridized carbons (Fsp3) is 0.846. The molecule has 1 atom stereocenters. The summed E-state index contributed by atoms with van der Waals surface area (Å²) in [6, 6.07) is 0. The summed E-state index contributed by atoms with van der Waals surface area (Å²) in [4.78, 5) is 0. The quantitative estimate of drug-likeness (QED) is 0.227. The van der Waals surface area contributed by atoms with Crippen LogP contribution in [0.25, 0.3) is 0 Å². The van der Waals surface area contributed by atoms with Gasteiger partial charge in [0.05, 0.1) is 0 Å². The number of allylic oxidation sites excluding steroid dienone is 1. The Morgan fingerprint density at radius 2 is 1.32 bits per heavy atom. The zero-order valence-electron chi connectivity index (χ0n) is 12.8. The van der Waals surface area contributed by atoms with Crippen LogP contribution in [0, 0.1) is 0 Å². The van der Waals surface area contributed by atoms with Gasteiger partial charge in [0, 0.05) is 13.0 Å². The van der Waals surface area contributed by atoms with E-state index in [1.54, 1.807) is 0 Å². The minimum absolute atomic E-state index is 0.0731. The van der Waals surface area contributed by atoms with Crippen LogP contribution in [0.1, 0.15) is 32.1 Å². The van der Waals surface area contributed by atoms with Crippen molar-refractivity contribution in [1.29, 1.82) is 0 Å². The lowest BCUT2D eigenvalue weighted by Crippen LogP contribution is -2.67. The first-order valence-corrected chi connectivity index (χ1v) is 7.41.